The van der Waals surface area contributed by atoms with Gasteiger partial charge in [-0.3, -0.25) is 0 Å². The topological polar surface area (TPSA) is 46.5 Å². The van der Waals surface area contributed by atoms with Crippen LogP contribution in [-0.2, 0) is 9.53 Å². The Balaban J connectivity index is 1.98. The van der Waals surface area contributed by atoms with E-state index in [4.69, 9.17) is 4.74 Å². The fraction of sp³-hybridized carbons (Fsp3) is 0.667. The van der Waals surface area contributed by atoms with E-state index < -0.39 is 0 Å². The third-order valence-electron chi connectivity index (χ3n) is 5.20. The zero-order valence-corrected chi connectivity index (χ0v) is 10.8. The van der Waals surface area contributed by atoms with Crippen LogP contribution in [0.5, 0.6) is 0 Å². The lowest BCUT2D eigenvalue weighted by molar-refractivity contribution is -0.142. The molecule has 2 aliphatic carbocycles. The predicted octanol–water partition coefficient (Wildman–Crippen LogP) is 2.07. The van der Waals surface area contributed by atoms with Crippen LogP contribution in [-0.4, -0.2) is 23.3 Å². The van der Waals surface area contributed by atoms with E-state index in [2.05, 4.69) is 20.1 Å². The van der Waals surface area contributed by atoms with Crippen LogP contribution >= 0.6 is 0 Å². The molecule has 1 heterocycles. The summed E-state index contributed by atoms with van der Waals surface area (Å²) in [6.07, 6.45) is 2.18. The average Bonchev–Trinajstić information content (AvgIpc) is 2.72. The molecule has 3 nitrogen and oxygen atoms in total. The molecule has 3 aliphatic rings. The van der Waals surface area contributed by atoms with E-state index in [0.29, 0.717) is 11.5 Å². The van der Waals surface area contributed by atoms with Gasteiger partial charge < -0.3 is 9.84 Å². The lowest BCUT2D eigenvalue weighted by atomic mass is 9.79. The maximum Gasteiger partial charge on any atom is 0.334 e. The molecule has 0 radical (unpaired) electrons. The van der Waals surface area contributed by atoms with Crippen molar-refractivity contribution in [2.45, 2.75) is 38.4 Å². The molecule has 0 aromatic heterocycles. The van der Waals surface area contributed by atoms with Crippen LogP contribution in [0.2, 0.25) is 0 Å². The van der Waals surface area contributed by atoms with Crippen molar-refractivity contribution in [3.8, 4) is 0 Å². The molecule has 3 fully saturated rings. The Morgan fingerprint density at radius 1 is 1.33 bits per heavy atom. The van der Waals surface area contributed by atoms with Crippen LogP contribution in [0, 0.1) is 23.7 Å². The summed E-state index contributed by atoms with van der Waals surface area (Å²) in [6, 6.07) is 0. The molecule has 0 aromatic carbocycles. The summed E-state index contributed by atoms with van der Waals surface area (Å²) >= 11 is 0. The standard InChI is InChI=1S/C15H20O3/c1-7-4-5-10-8(2)15(17)18-14(10)13-9(3)12(16)6-11(7)13/h9-14,16H,1-2,4-6H2,3H3/t9-,10+,11+,12+,13+,14+/m0/s1. The minimum atomic E-state index is -0.303. The Labute approximate surface area is 108 Å². The number of hydrogen-bond acceptors (Lipinski definition) is 3. The third-order valence-corrected chi connectivity index (χ3v) is 5.20. The molecule has 0 amide bonds. The smallest absolute Gasteiger partial charge is 0.334 e. The van der Waals surface area contributed by atoms with Crippen molar-refractivity contribution < 1.29 is 14.6 Å². The second kappa shape index (κ2) is 3.95. The number of fused-ring (bicyclic) bond motifs is 3. The summed E-state index contributed by atoms with van der Waals surface area (Å²) in [5, 5.41) is 10.1. The van der Waals surface area contributed by atoms with Crippen LogP contribution in [0.25, 0.3) is 0 Å². The second-order valence-corrected chi connectivity index (χ2v) is 6.04. The van der Waals surface area contributed by atoms with Crippen molar-refractivity contribution in [2.75, 3.05) is 0 Å². The highest BCUT2D eigenvalue weighted by Crippen LogP contribution is 2.52. The molecule has 18 heavy (non-hydrogen) atoms. The van der Waals surface area contributed by atoms with Crippen LogP contribution in [0.3, 0.4) is 0 Å². The Bertz CT molecular complexity index is 425. The molecule has 3 rings (SSSR count). The highest BCUT2D eigenvalue weighted by Gasteiger charge is 2.53. The number of carbonyl (C=O) groups excluding carboxylic acids is 1. The van der Waals surface area contributed by atoms with Gasteiger partial charge in [0.15, 0.2) is 0 Å². The van der Waals surface area contributed by atoms with Gasteiger partial charge >= 0.3 is 5.97 Å². The quantitative estimate of drug-likeness (QED) is 0.405. The van der Waals surface area contributed by atoms with Crippen LogP contribution in [0.1, 0.15) is 26.2 Å². The fourth-order valence-corrected chi connectivity index (χ4v) is 4.06. The lowest BCUT2D eigenvalue weighted by Crippen LogP contribution is -2.32. The van der Waals surface area contributed by atoms with E-state index >= 15 is 0 Å². The molecule has 0 aromatic rings. The van der Waals surface area contributed by atoms with E-state index in [9.17, 15) is 9.90 Å². The number of aliphatic hydroxyl groups is 1. The van der Waals surface area contributed by atoms with Crippen molar-refractivity contribution in [1.82, 2.24) is 0 Å². The Hall–Kier alpha value is -1.09. The highest BCUT2D eigenvalue weighted by atomic mass is 16.6. The van der Waals surface area contributed by atoms with Gasteiger partial charge in [0, 0.05) is 17.4 Å². The van der Waals surface area contributed by atoms with E-state index in [-0.39, 0.29) is 35.9 Å². The molecule has 0 spiro atoms. The number of ether oxygens (including phenoxy) is 1. The fourth-order valence-electron chi connectivity index (χ4n) is 4.06. The highest BCUT2D eigenvalue weighted by molar-refractivity contribution is 5.90. The number of aliphatic hydroxyl groups excluding tert-OH is 1. The number of allylic oxidation sites excluding steroid dienone is 1. The Morgan fingerprint density at radius 2 is 2.06 bits per heavy atom. The number of rotatable bonds is 0. The number of hydrogen-bond donors (Lipinski definition) is 1. The SMILES string of the molecule is C=C1C(=O)O[C@H]2[C@@H]3[C@@H](C)[C@H](O)C[C@@H]3C(=C)CC[C@H]12. The molecular weight excluding hydrogens is 228 g/mol. The first kappa shape index (κ1) is 12.0. The molecule has 0 bridgehead atoms. The van der Waals surface area contributed by atoms with Gasteiger partial charge in [-0.2, -0.15) is 0 Å². The maximum atomic E-state index is 11.7. The number of esters is 1. The molecular formula is C15H20O3. The zero-order valence-electron chi connectivity index (χ0n) is 10.8. The normalized spacial score (nSPS) is 47.6. The molecule has 1 aliphatic heterocycles. The summed E-state index contributed by atoms with van der Waals surface area (Å²) in [4.78, 5) is 11.7. The van der Waals surface area contributed by atoms with Crippen molar-refractivity contribution in [1.29, 1.82) is 0 Å². The zero-order chi connectivity index (χ0) is 13.0. The average molecular weight is 248 g/mol. The molecule has 1 N–H and O–H groups in total. The van der Waals surface area contributed by atoms with E-state index in [1.54, 1.807) is 0 Å². The number of carbonyl (C=O) groups is 1. The monoisotopic (exact) mass is 248 g/mol. The molecule has 6 atom stereocenters. The summed E-state index contributed by atoms with van der Waals surface area (Å²) in [6.45, 7) is 10.1. The van der Waals surface area contributed by atoms with Gasteiger partial charge in [-0.15, -0.1) is 0 Å². The molecule has 0 unspecified atom stereocenters. The molecule has 2 saturated carbocycles. The van der Waals surface area contributed by atoms with Gasteiger partial charge in [-0.1, -0.05) is 25.7 Å². The molecule has 1 saturated heterocycles. The van der Waals surface area contributed by atoms with Crippen molar-refractivity contribution in [2.24, 2.45) is 23.7 Å². The van der Waals surface area contributed by atoms with Gasteiger partial charge in [0.2, 0.25) is 0 Å². The minimum Gasteiger partial charge on any atom is -0.458 e. The minimum absolute atomic E-state index is 0.0959. The van der Waals surface area contributed by atoms with Crippen molar-refractivity contribution in [3.63, 3.8) is 0 Å². The van der Waals surface area contributed by atoms with Crippen LogP contribution in [0.15, 0.2) is 24.3 Å². The maximum absolute atomic E-state index is 11.7. The van der Waals surface area contributed by atoms with Crippen LogP contribution in [0.4, 0.5) is 0 Å². The van der Waals surface area contributed by atoms with Crippen molar-refractivity contribution >= 4 is 5.97 Å². The lowest BCUT2D eigenvalue weighted by Gasteiger charge is -2.28. The first-order valence-corrected chi connectivity index (χ1v) is 6.76. The summed E-state index contributed by atoms with van der Waals surface area (Å²) in [5.74, 6) is 0.546. The van der Waals surface area contributed by atoms with Crippen LogP contribution < -0.4 is 0 Å². The van der Waals surface area contributed by atoms with E-state index in [1.165, 1.54) is 5.57 Å². The van der Waals surface area contributed by atoms with E-state index in [1.807, 2.05) is 0 Å². The predicted molar refractivity (Wildman–Crippen MR) is 67.7 cm³/mol. The van der Waals surface area contributed by atoms with Gasteiger partial charge in [-0.05, 0) is 31.1 Å². The van der Waals surface area contributed by atoms with Gasteiger partial charge in [0.05, 0.1) is 6.10 Å². The van der Waals surface area contributed by atoms with Gasteiger partial charge in [0.1, 0.15) is 6.10 Å². The van der Waals surface area contributed by atoms with E-state index in [0.717, 1.165) is 19.3 Å². The van der Waals surface area contributed by atoms with Gasteiger partial charge in [0.25, 0.3) is 0 Å². The largest absolute Gasteiger partial charge is 0.458 e. The molecule has 3 heteroatoms. The first-order valence-electron chi connectivity index (χ1n) is 6.76. The third kappa shape index (κ3) is 1.50. The first-order chi connectivity index (χ1) is 8.50. The summed E-state index contributed by atoms with van der Waals surface area (Å²) in [7, 11) is 0. The van der Waals surface area contributed by atoms with Crippen molar-refractivity contribution in [3.05, 3.63) is 24.3 Å². The van der Waals surface area contributed by atoms with Gasteiger partial charge in [-0.25, -0.2) is 4.79 Å². The Kier molecular flexibility index (Phi) is 2.63. The second-order valence-electron chi connectivity index (χ2n) is 6.04. The summed E-state index contributed by atoms with van der Waals surface area (Å²) < 4.78 is 5.55. The summed E-state index contributed by atoms with van der Waals surface area (Å²) in [5.41, 5.74) is 1.82. The Morgan fingerprint density at radius 3 is 2.78 bits per heavy atom. The molecule has 98 valence electrons.